The van der Waals surface area contributed by atoms with Gasteiger partial charge < -0.3 is 27.3 Å². The quantitative estimate of drug-likeness (QED) is 0.368. The van der Waals surface area contributed by atoms with E-state index in [0.717, 1.165) is 12.8 Å². The molecule has 0 spiro atoms. The van der Waals surface area contributed by atoms with Crippen LogP contribution in [-0.4, -0.2) is 12.6 Å². The van der Waals surface area contributed by atoms with E-state index >= 15 is 0 Å². The molecule has 0 saturated carbocycles. The van der Waals surface area contributed by atoms with Crippen LogP contribution in [0.3, 0.4) is 0 Å². The number of carbonyl (C=O) groups excluding carboxylic acids is 1. The van der Waals surface area contributed by atoms with Crippen LogP contribution >= 0.6 is 0 Å². The molecule has 25 heavy (non-hydrogen) atoms. The van der Waals surface area contributed by atoms with Gasteiger partial charge in [-0.15, -0.1) is 6.61 Å². The van der Waals surface area contributed by atoms with Crippen molar-refractivity contribution in [3.05, 3.63) is 0 Å². The minimum atomic E-state index is -0.903. The lowest BCUT2D eigenvalue weighted by Gasteiger charge is -2.04. The van der Waals surface area contributed by atoms with Gasteiger partial charge >= 0.3 is 0 Å². The monoisotopic (exact) mass is 364 g/mol. The number of aliphatic carboxylic acids is 1. The molecule has 0 heterocycles. The fraction of sp³-hybridized carbons (Fsp3) is 0.950. The highest BCUT2D eigenvalue weighted by atomic mass is 16.4. The van der Waals surface area contributed by atoms with Crippen LogP contribution in [0.1, 0.15) is 117 Å². The number of hydrogen-bond acceptors (Lipinski definition) is 3. The van der Waals surface area contributed by atoms with Crippen molar-refractivity contribution in [1.82, 2.24) is 12.3 Å². The second kappa shape index (κ2) is 31.2. The van der Waals surface area contributed by atoms with E-state index in [4.69, 9.17) is 5.11 Å². The molecule has 0 fully saturated rings. The Bertz CT molecular complexity index is 227. The predicted octanol–water partition coefficient (Wildman–Crippen LogP) is 5.12. The molecule has 156 valence electrons. The fourth-order valence-electron chi connectivity index (χ4n) is 2.64. The van der Waals surface area contributed by atoms with Crippen LogP contribution in [0.25, 0.3) is 0 Å². The molecule has 5 nitrogen and oxygen atoms in total. The first-order valence-electron chi connectivity index (χ1n) is 9.96. The van der Waals surface area contributed by atoms with Gasteiger partial charge in [-0.25, -0.2) is 0 Å². The van der Waals surface area contributed by atoms with Gasteiger partial charge in [-0.1, -0.05) is 104 Å². The van der Waals surface area contributed by atoms with Crippen molar-refractivity contribution < 1.29 is 15.0 Å². The third-order valence-corrected chi connectivity index (χ3v) is 3.98. The van der Waals surface area contributed by atoms with E-state index in [1.165, 1.54) is 83.5 Å². The van der Waals surface area contributed by atoms with E-state index in [-0.39, 0.29) is 25.3 Å². The lowest BCUT2D eigenvalue weighted by atomic mass is 10.0. The van der Waals surface area contributed by atoms with Gasteiger partial charge in [0.15, 0.2) is 0 Å². The zero-order valence-corrected chi connectivity index (χ0v) is 17.7. The predicted molar refractivity (Wildman–Crippen MR) is 107 cm³/mol. The number of unbranched alkanes of at least 4 members (excludes halogenated alkanes) is 14. The molecule has 0 aromatic carbocycles. The molecule has 5 heteroatoms. The molecular formula is C20H48N2O3. The van der Waals surface area contributed by atoms with Crippen molar-refractivity contribution in [2.45, 2.75) is 117 Å². The summed E-state index contributed by atoms with van der Waals surface area (Å²) in [5.74, 6) is -0.903. The summed E-state index contributed by atoms with van der Waals surface area (Å²) in [5.41, 5.74) is 0. The molecule has 0 aromatic heterocycles. The molecule has 8 N–H and O–H groups in total. The molecule has 0 radical (unpaired) electrons. The maximum Gasteiger partial charge on any atom is 0.0414 e. The zero-order valence-electron chi connectivity index (χ0n) is 17.7. The first-order valence-corrected chi connectivity index (χ1v) is 9.96. The molecule has 0 amide bonds. The number of carboxylic acids is 1. The van der Waals surface area contributed by atoms with E-state index in [1.807, 2.05) is 0 Å². The van der Waals surface area contributed by atoms with Gasteiger partial charge in [-0.3, -0.25) is 0 Å². The number of carbonyl (C=O) groups is 1. The maximum atomic E-state index is 10.2. The Hall–Kier alpha value is -0.650. The molecule has 0 aliphatic carbocycles. The summed E-state index contributed by atoms with van der Waals surface area (Å²) in [5, 5.41) is 19.2. The van der Waals surface area contributed by atoms with Crippen molar-refractivity contribution in [2.24, 2.45) is 0 Å². The highest BCUT2D eigenvalue weighted by Gasteiger charge is 1.94. The Morgan fingerprint density at radius 1 is 0.600 bits per heavy atom. The normalized spacial score (nSPS) is 9.40. The van der Waals surface area contributed by atoms with Crippen molar-refractivity contribution in [2.75, 3.05) is 6.61 Å². The topological polar surface area (TPSA) is 136 Å². The van der Waals surface area contributed by atoms with Crippen LogP contribution in [0.15, 0.2) is 0 Å². The Morgan fingerprint density at radius 3 is 1.08 bits per heavy atom. The van der Waals surface area contributed by atoms with Gasteiger partial charge in [0.05, 0.1) is 0 Å². The van der Waals surface area contributed by atoms with Crippen LogP contribution in [0.2, 0.25) is 0 Å². The standard InChI is InChI=1S/C18H36O2.C2H5O.2H3N/c1-2-3-4-5-6-7-8-9-10-11-12-13-14-15-16-17-18(19)20;1-2-3;;/h2-17H2,1H3,(H,19,20);2H2,1H3;2*1H3/q;-1;;/p+1. The smallest absolute Gasteiger partial charge is 0.0414 e. The number of rotatable bonds is 16. The lowest BCUT2D eigenvalue weighted by molar-refractivity contribution is -0.361. The molecule has 0 atom stereocenters. The largest absolute Gasteiger partial charge is 0.855 e. The van der Waals surface area contributed by atoms with Crippen molar-refractivity contribution in [3.8, 4) is 0 Å². The number of quaternary nitrogens is 2. The second-order valence-electron chi connectivity index (χ2n) is 6.36. The summed E-state index contributed by atoms with van der Waals surface area (Å²) in [6.07, 6.45) is 19.9. The number of hydrogen-bond donors (Lipinski definition) is 2. The summed E-state index contributed by atoms with van der Waals surface area (Å²) >= 11 is 0. The molecule has 0 rings (SSSR count). The molecule has 0 aliphatic heterocycles. The molecular weight excluding hydrogens is 316 g/mol. The van der Waals surface area contributed by atoms with Crippen LogP contribution < -0.4 is 22.5 Å². The Morgan fingerprint density at radius 2 is 0.840 bits per heavy atom. The minimum absolute atomic E-state index is 0. The van der Waals surface area contributed by atoms with Gasteiger partial charge in [0.2, 0.25) is 0 Å². The Labute approximate surface area is 157 Å². The first kappa shape index (κ1) is 32.1. The fourth-order valence-corrected chi connectivity index (χ4v) is 2.64. The van der Waals surface area contributed by atoms with E-state index in [0.29, 0.717) is 0 Å². The van der Waals surface area contributed by atoms with E-state index in [1.54, 1.807) is 6.92 Å². The minimum Gasteiger partial charge on any atom is -0.855 e. The highest BCUT2D eigenvalue weighted by molar-refractivity contribution is 5.63. The molecule has 0 saturated heterocycles. The maximum absolute atomic E-state index is 10.2. The van der Waals surface area contributed by atoms with Crippen LogP contribution in [-0.2, 0) is 4.79 Å². The Balaban J connectivity index is -0.000000409. The summed E-state index contributed by atoms with van der Waals surface area (Å²) < 4.78 is 0. The van der Waals surface area contributed by atoms with Gasteiger partial charge in [0.25, 0.3) is 0 Å². The SMILES string of the molecule is CCCCCCCCCCCCCCCCCC(=O)[O-].CC[O-].[NH4+].[NH4+]. The average Bonchev–Trinajstić information content (AvgIpc) is 2.51. The molecule has 0 unspecified atom stereocenters. The van der Waals surface area contributed by atoms with Gasteiger partial charge in [0, 0.05) is 5.97 Å². The summed E-state index contributed by atoms with van der Waals surface area (Å²) in [6.45, 7) is 3.84. The molecule has 0 bridgehead atoms. The van der Waals surface area contributed by atoms with Crippen molar-refractivity contribution >= 4 is 5.97 Å². The first-order chi connectivity index (χ1) is 11.2. The third-order valence-electron chi connectivity index (χ3n) is 3.98. The summed E-state index contributed by atoms with van der Waals surface area (Å²) in [7, 11) is 0. The third kappa shape index (κ3) is 39.8. The van der Waals surface area contributed by atoms with E-state index in [2.05, 4.69) is 6.92 Å². The van der Waals surface area contributed by atoms with Crippen LogP contribution in [0, 0.1) is 0 Å². The molecule has 0 aliphatic rings. The van der Waals surface area contributed by atoms with Crippen LogP contribution in [0.4, 0.5) is 0 Å². The molecule has 0 aromatic rings. The van der Waals surface area contributed by atoms with E-state index in [9.17, 15) is 9.90 Å². The number of carboxylic acid groups (broad SMARTS) is 1. The Kier molecular flexibility index (Phi) is 39.9. The second-order valence-corrected chi connectivity index (χ2v) is 6.36. The average molecular weight is 365 g/mol. The highest BCUT2D eigenvalue weighted by Crippen LogP contribution is 2.13. The van der Waals surface area contributed by atoms with Crippen molar-refractivity contribution in [3.63, 3.8) is 0 Å². The summed E-state index contributed by atoms with van der Waals surface area (Å²) in [4.78, 5) is 10.2. The van der Waals surface area contributed by atoms with Crippen LogP contribution in [0.5, 0.6) is 0 Å². The van der Waals surface area contributed by atoms with Gasteiger partial charge in [-0.05, 0) is 12.8 Å². The lowest BCUT2D eigenvalue weighted by Crippen LogP contribution is -2.21. The zero-order chi connectivity index (χ0) is 17.6. The summed E-state index contributed by atoms with van der Waals surface area (Å²) in [6, 6.07) is 0. The van der Waals surface area contributed by atoms with E-state index < -0.39 is 5.97 Å². The van der Waals surface area contributed by atoms with Gasteiger partial charge in [-0.2, -0.15) is 0 Å². The van der Waals surface area contributed by atoms with Crippen molar-refractivity contribution in [1.29, 1.82) is 0 Å². The van der Waals surface area contributed by atoms with Gasteiger partial charge in [0.1, 0.15) is 0 Å².